The number of esters is 1. The van der Waals surface area contributed by atoms with Gasteiger partial charge in [-0.15, -0.1) is 0 Å². The van der Waals surface area contributed by atoms with Gasteiger partial charge in [-0.2, -0.15) is 0 Å². The van der Waals surface area contributed by atoms with E-state index in [9.17, 15) is 14.7 Å². The molecule has 0 heterocycles. The molecule has 4 nitrogen and oxygen atoms in total. The van der Waals surface area contributed by atoms with Crippen LogP contribution in [-0.4, -0.2) is 23.7 Å². The maximum atomic E-state index is 13.4. The number of rotatable bonds is 10. The maximum absolute atomic E-state index is 13.4. The van der Waals surface area contributed by atoms with Gasteiger partial charge in [-0.25, -0.2) is 0 Å². The Bertz CT molecular complexity index is 480. The van der Waals surface area contributed by atoms with Crippen LogP contribution in [0.2, 0.25) is 0 Å². The highest BCUT2D eigenvalue weighted by Gasteiger charge is 2.51. The minimum Gasteiger partial charge on any atom is -0.481 e. The van der Waals surface area contributed by atoms with Crippen molar-refractivity contribution in [1.82, 2.24) is 0 Å². The van der Waals surface area contributed by atoms with Gasteiger partial charge >= 0.3 is 11.9 Å². The van der Waals surface area contributed by atoms with Crippen molar-refractivity contribution in [3.05, 3.63) is 0 Å². The first kappa shape index (κ1) is 25.9. The fraction of sp³-hybridized carbons (Fsp3) is 0.913. The summed E-state index contributed by atoms with van der Waals surface area (Å²) in [5, 5.41) is 10.1. The number of ether oxygens (including phenoxy) is 1. The molecule has 0 bridgehead atoms. The molecule has 0 aliphatic heterocycles. The predicted molar refractivity (Wildman–Crippen MR) is 112 cm³/mol. The minimum atomic E-state index is -0.983. The normalized spacial score (nSPS) is 16.3. The second-order valence-corrected chi connectivity index (χ2v) is 11.5. The van der Waals surface area contributed by atoms with E-state index in [0.29, 0.717) is 31.8 Å². The standard InChI is InChI=1S/C23H44O4/c1-16(2)11-12-23(13-17(3)4,20(26)27-15-22(8,9)10)18(19(24)25)14-21(5,6)7/h16-18H,11-15H2,1-10H3,(H,24,25). The zero-order valence-corrected chi connectivity index (χ0v) is 19.4. The Morgan fingerprint density at radius 3 is 1.70 bits per heavy atom. The van der Waals surface area contributed by atoms with E-state index in [4.69, 9.17) is 4.74 Å². The molecule has 0 aromatic carbocycles. The Hall–Kier alpha value is -1.06. The number of carboxylic acid groups (broad SMARTS) is 1. The third-order valence-corrected chi connectivity index (χ3v) is 4.76. The molecule has 0 rings (SSSR count). The van der Waals surface area contributed by atoms with Crippen molar-refractivity contribution in [2.24, 2.45) is 34.0 Å². The second-order valence-electron chi connectivity index (χ2n) is 11.5. The van der Waals surface area contributed by atoms with E-state index >= 15 is 0 Å². The summed E-state index contributed by atoms with van der Waals surface area (Å²) < 4.78 is 5.75. The fourth-order valence-electron chi connectivity index (χ4n) is 3.58. The predicted octanol–water partition coefficient (Wildman–Crippen LogP) is 6.18. The van der Waals surface area contributed by atoms with Crippen molar-refractivity contribution in [3.63, 3.8) is 0 Å². The number of carbonyl (C=O) groups is 2. The third kappa shape index (κ3) is 9.62. The van der Waals surface area contributed by atoms with Gasteiger partial charge in [0.25, 0.3) is 0 Å². The summed E-state index contributed by atoms with van der Waals surface area (Å²) in [5.41, 5.74) is -1.32. The lowest BCUT2D eigenvalue weighted by Gasteiger charge is -2.41. The monoisotopic (exact) mass is 384 g/mol. The zero-order chi connectivity index (χ0) is 21.6. The molecule has 0 spiro atoms. The van der Waals surface area contributed by atoms with Gasteiger partial charge in [0.2, 0.25) is 0 Å². The first-order valence-corrected chi connectivity index (χ1v) is 10.4. The minimum absolute atomic E-state index is 0.153. The largest absolute Gasteiger partial charge is 0.481 e. The van der Waals surface area contributed by atoms with Crippen molar-refractivity contribution < 1.29 is 19.4 Å². The molecule has 2 atom stereocenters. The molecule has 0 fully saturated rings. The van der Waals surface area contributed by atoms with Crippen LogP contribution in [0.5, 0.6) is 0 Å². The summed E-state index contributed by atoms with van der Waals surface area (Å²) >= 11 is 0. The number of aliphatic carboxylic acids is 1. The summed E-state index contributed by atoms with van der Waals surface area (Å²) in [4.78, 5) is 25.8. The topological polar surface area (TPSA) is 63.6 Å². The molecule has 0 aromatic rings. The molecule has 0 aromatic heterocycles. The third-order valence-electron chi connectivity index (χ3n) is 4.76. The highest BCUT2D eigenvalue weighted by Crippen LogP contribution is 2.46. The van der Waals surface area contributed by atoms with Crippen LogP contribution in [0.25, 0.3) is 0 Å². The van der Waals surface area contributed by atoms with Crippen LogP contribution in [0.15, 0.2) is 0 Å². The van der Waals surface area contributed by atoms with Crippen LogP contribution in [0.1, 0.15) is 94.9 Å². The highest BCUT2D eigenvalue weighted by atomic mass is 16.5. The molecular formula is C23H44O4. The Morgan fingerprint density at radius 2 is 1.37 bits per heavy atom. The van der Waals surface area contributed by atoms with Gasteiger partial charge < -0.3 is 9.84 Å². The molecule has 4 heteroatoms. The van der Waals surface area contributed by atoms with E-state index in [1.165, 1.54) is 0 Å². The van der Waals surface area contributed by atoms with E-state index in [1.807, 2.05) is 41.5 Å². The van der Waals surface area contributed by atoms with Crippen LogP contribution in [0.4, 0.5) is 0 Å². The molecule has 0 aliphatic carbocycles. The zero-order valence-electron chi connectivity index (χ0n) is 19.4. The van der Waals surface area contributed by atoms with Crippen LogP contribution in [0.3, 0.4) is 0 Å². The number of carbonyl (C=O) groups excluding carboxylic acids is 1. The average molecular weight is 385 g/mol. The Labute approximate surface area is 167 Å². The Kier molecular flexibility index (Phi) is 9.54. The lowest BCUT2D eigenvalue weighted by molar-refractivity contribution is -0.173. The van der Waals surface area contributed by atoms with Crippen molar-refractivity contribution in [2.45, 2.75) is 94.9 Å². The van der Waals surface area contributed by atoms with E-state index in [-0.39, 0.29) is 22.7 Å². The van der Waals surface area contributed by atoms with Crippen molar-refractivity contribution in [1.29, 1.82) is 0 Å². The maximum Gasteiger partial charge on any atom is 0.312 e. The van der Waals surface area contributed by atoms with Crippen LogP contribution in [0, 0.1) is 34.0 Å². The van der Waals surface area contributed by atoms with Gasteiger partial charge in [-0.3, -0.25) is 9.59 Å². The summed E-state index contributed by atoms with van der Waals surface area (Å²) in [6, 6.07) is 0. The van der Waals surface area contributed by atoms with Gasteiger partial charge in [-0.1, -0.05) is 69.2 Å². The van der Waals surface area contributed by atoms with Crippen LogP contribution in [-0.2, 0) is 14.3 Å². The van der Waals surface area contributed by atoms with E-state index in [0.717, 1.165) is 6.42 Å². The molecule has 27 heavy (non-hydrogen) atoms. The van der Waals surface area contributed by atoms with Crippen molar-refractivity contribution in [3.8, 4) is 0 Å². The van der Waals surface area contributed by atoms with E-state index < -0.39 is 17.3 Å². The van der Waals surface area contributed by atoms with Gasteiger partial charge in [0, 0.05) is 0 Å². The number of carboxylic acids is 1. The first-order chi connectivity index (χ1) is 12.0. The lowest BCUT2D eigenvalue weighted by atomic mass is 9.62. The fourth-order valence-corrected chi connectivity index (χ4v) is 3.58. The molecule has 0 saturated carbocycles. The van der Waals surface area contributed by atoms with E-state index in [2.05, 4.69) is 27.7 Å². The molecule has 0 aliphatic rings. The van der Waals surface area contributed by atoms with Gasteiger partial charge in [0.05, 0.1) is 17.9 Å². The highest BCUT2D eigenvalue weighted by molar-refractivity contribution is 5.84. The quantitative estimate of drug-likeness (QED) is 0.457. The number of hydrogen-bond donors (Lipinski definition) is 1. The molecule has 0 amide bonds. The Balaban J connectivity index is 6.14. The van der Waals surface area contributed by atoms with Gasteiger partial charge in [-0.05, 0) is 48.3 Å². The van der Waals surface area contributed by atoms with Gasteiger partial charge in [0.15, 0.2) is 0 Å². The van der Waals surface area contributed by atoms with Crippen LogP contribution < -0.4 is 0 Å². The molecule has 2 unspecified atom stereocenters. The molecular weight excluding hydrogens is 340 g/mol. The SMILES string of the molecule is CC(C)CCC(CC(C)C)(C(=O)OCC(C)(C)C)C(CC(C)(C)C)C(=O)O. The summed E-state index contributed by atoms with van der Waals surface area (Å²) in [5.74, 6) is -1.35. The average Bonchev–Trinajstić information content (AvgIpc) is 2.44. The van der Waals surface area contributed by atoms with Crippen LogP contribution >= 0.6 is 0 Å². The second kappa shape index (κ2) is 9.93. The Morgan fingerprint density at radius 1 is 0.852 bits per heavy atom. The molecule has 160 valence electrons. The molecule has 1 N–H and O–H groups in total. The summed E-state index contributed by atoms with van der Waals surface area (Å²) in [6.45, 7) is 20.8. The van der Waals surface area contributed by atoms with Crippen molar-refractivity contribution >= 4 is 11.9 Å². The molecule has 0 saturated heterocycles. The molecule has 0 radical (unpaired) electrons. The smallest absolute Gasteiger partial charge is 0.312 e. The van der Waals surface area contributed by atoms with Gasteiger partial charge in [0.1, 0.15) is 0 Å². The summed E-state index contributed by atoms with van der Waals surface area (Å²) in [6.07, 6.45) is 2.36. The lowest BCUT2D eigenvalue weighted by Crippen LogP contribution is -2.47. The summed E-state index contributed by atoms with van der Waals surface area (Å²) in [7, 11) is 0. The number of hydrogen-bond acceptors (Lipinski definition) is 3. The van der Waals surface area contributed by atoms with Crippen molar-refractivity contribution in [2.75, 3.05) is 6.61 Å². The first-order valence-electron chi connectivity index (χ1n) is 10.4. The van der Waals surface area contributed by atoms with E-state index in [1.54, 1.807) is 0 Å².